The van der Waals surface area contributed by atoms with Crippen LogP contribution in [0.3, 0.4) is 0 Å². The molecule has 0 aliphatic heterocycles. The topological polar surface area (TPSA) is 99.4 Å². The lowest BCUT2D eigenvalue weighted by molar-refractivity contribution is 0.102. The van der Waals surface area contributed by atoms with Crippen LogP contribution in [0.25, 0.3) is 22.0 Å². The number of nitrogens with zero attached hydrogens (tertiary/aromatic N) is 3. The minimum Gasteiger partial charge on any atom is -0.493 e. The van der Waals surface area contributed by atoms with Gasteiger partial charge in [-0.2, -0.15) is 0 Å². The number of para-hydroxylation sites is 1. The minimum absolute atomic E-state index is 0.304. The molecule has 4 rings (SSSR count). The second-order valence-corrected chi connectivity index (χ2v) is 6.72. The molecule has 2 aromatic heterocycles. The van der Waals surface area contributed by atoms with Gasteiger partial charge in [-0.05, 0) is 30.3 Å². The number of hydrogen-bond donors (Lipinski definition) is 1. The Morgan fingerprint density at radius 3 is 2.76 bits per heavy atom. The number of benzene rings is 2. The van der Waals surface area contributed by atoms with E-state index < -0.39 is 0 Å². The van der Waals surface area contributed by atoms with Crippen molar-refractivity contribution in [1.29, 1.82) is 0 Å². The summed E-state index contributed by atoms with van der Waals surface area (Å²) in [5, 5.41) is 12.7. The van der Waals surface area contributed by atoms with Crippen LogP contribution in [0.2, 0.25) is 0 Å². The van der Waals surface area contributed by atoms with Crippen molar-refractivity contribution in [2.75, 3.05) is 19.5 Å². The minimum atomic E-state index is -0.322. The molecule has 0 saturated carbocycles. The van der Waals surface area contributed by atoms with Gasteiger partial charge in [-0.1, -0.05) is 12.1 Å². The molecule has 0 saturated heterocycles. The molecule has 4 aromatic rings. The fourth-order valence-corrected chi connectivity index (χ4v) is 3.60. The predicted octanol–water partition coefficient (Wildman–Crippen LogP) is 4.13. The standard InChI is InChI=1S/C20H16N4O4S/c1-26-16-8-4-7-14(17(16)27-2)20-23-15(10-29-20)18(25)22-13-6-3-5-12(9-13)19-24-21-11-28-19/h3-11H,1-2H3,(H,22,25). The van der Waals surface area contributed by atoms with E-state index in [1.807, 2.05) is 18.2 Å². The van der Waals surface area contributed by atoms with E-state index >= 15 is 0 Å². The van der Waals surface area contributed by atoms with Crippen molar-refractivity contribution in [3.8, 4) is 33.5 Å². The fourth-order valence-electron chi connectivity index (χ4n) is 2.78. The van der Waals surface area contributed by atoms with Gasteiger partial charge in [0.05, 0.1) is 19.8 Å². The van der Waals surface area contributed by atoms with Crippen LogP contribution < -0.4 is 14.8 Å². The van der Waals surface area contributed by atoms with Crippen molar-refractivity contribution >= 4 is 22.9 Å². The normalized spacial score (nSPS) is 10.6. The molecule has 0 atom stereocenters. The summed E-state index contributed by atoms with van der Waals surface area (Å²) in [6.45, 7) is 0. The first-order valence-corrected chi connectivity index (χ1v) is 9.42. The lowest BCUT2D eigenvalue weighted by Gasteiger charge is -2.10. The van der Waals surface area contributed by atoms with Gasteiger partial charge in [-0.15, -0.1) is 21.5 Å². The number of methoxy groups -OCH3 is 2. The van der Waals surface area contributed by atoms with Crippen molar-refractivity contribution in [1.82, 2.24) is 15.2 Å². The summed E-state index contributed by atoms with van der Waals surface area (Å²) in [6.07, 6.45) is 1.25. The van der Waals surface area contributed by atoms with Gasteiger partial charge in [-0.3, -0.25) is 4.79 Å². The van der Waals surface area contributed by atoms with Crippen LogP contribution in [-0.4, -0.2) is 35.3 Å². The number of amides is 1. The first-order valence-electron chi connectivity index (χ1n) is 8.54. The third kappa shape index (κ3) is 3.81. The molecule has 0 radical (unpaired) electrons. The molecule has 2 heterocycles. The van der Waals surface area contributed by atoms with Crippen LogP contribution in [0.1, 0.15) is 10.5 Å². The maximum absolute atomic E-state index is 12.7. The Labute approximate surface area is 170 Å². The van der Waals surface area contributed by atoms with Gasteiger partial charge < -0.3 is 19.2 Å². The molecule has 29 heavy (non-hydrogen) atoms. The molecule has 0 bridgehead atoms. The number of nitrogens with one attached hydrogen (secondary N) is 1. The van der Waals surface area contributed by atoms with E-state index in [9.17, 15) is 4.79 Å². The highest BCUT2D eigenvalue weighted by Gasteiger charge is 2.17. The maximum atomic E-state index is 12.7. The zero-order valence-corrected chi connectivity index (χ0v) is 16.4. The first kappa shape index (κ1) is 18.6. The second kappa shape index (κ2) is 8.11. The van der Waals surface area contributed by atoms with Crippen LogP contribution in [0.5, 0.6) is 11.5 Å². The predicted molar refractivity (Wildman–Crippen MR) is 108 cm³/mol. The molecule has 1 amide bonds. The lowest BCUT2D eigenvalue weighted by Crippen LogP contribution is -2.12. The van der Waals surface area contributed by atoms with E-state index in [1.54, 1.807) is 43.9 Å². The highest BCUT2D eigenvalue weighted by molar-refractivity contribution is 7.13. The average Bonchev–Trinajstić information content (AvgIpc) is 3.45. The highest BCUT2D eigenvalue weighted by Crippen LogP contribution is 2.39. The summed E-state index contributed by atoms with van der Waals surface area (Å²) < 4.78 is 16.0. The van der Waals surface area contributed by atoms with Crippen LogP contribution in [-0.2, 0) is 0 Å². The summed E-state index contributed by atoms with van der Waals surface area (Å²) in [6, 6.07) is 12.7. The molecule has 1 N–H and O–H groups in total. The van der Waals surface area contributed by atoms with E-state index in [1.165, 1.54) is 17.7 Å². The van der Waals surface area contributed by atoms with Gasteiger partial charge in [0.25, 0.3) is 5.91 Å². The van der Waals surface area contributed by atoms with Crippen molar-refractivity contribution < 1.29 is 18.7 Å². The molecule has 0 unspecified atom stereocenters. The van der Waals surface area contributed by atoms with E-state index in [4.69, 9.17) is 13.9 Å². The Kier molecular flexibility index (Phi) is 5.21. The third-order valence-electron chi connectivity index (χ3n) is 4.10. The number of carbonyl (C=O) groups is 1. The fraction of sp³-hybridized carbons (Fsp3) is 0.100. The number of aromatic nitrogens is 3. The molecule has 0 aliphatic rings. The smallest absolute Gasteiger partial charge is 0.275 e. The summed E-state index contributed by atoms with van der Waals surface area (Å²) in [4.78, 5) is 17.1. The lowest BCUT2D eigenvalue weighted by atomic mass is 10.2. The monoisotopic (exact) mass is 408 g/mol. The van der Waals surface area contributed by atoms with Crippen molar-refractivity contribution in [2.24, 2.45) is 0 Å². The van der Waals surface area contributed by atoms with Gasteiger partial charge in [-0.25, -0.2) is 4.98 Å². The molecule has 0 fully saturated rings. The Morgan fingerprint density at radius 1 is 1.14 bits per heavy atom. The van der Waals surface area contributed by atoms with Gasteiger partial charge in [0.1, 0.15) is 10.7 Å². The van der Waals surface area contributed by atoms with E-state index in [2.05, 4.69) is 20.5 Å². The van der Waals surface area contributed by atoms with Gasteiger partial charge >= 0.3 is 0 Å². The quantitative estimate of drug-likeness (QED) is 0.512. The van der Waals surface area contributed by atoms with Crippen molar-refractivity contribution in [3.63, 3.8) is 0 Å². The summed E-state index contributed by atoms with van der Waals surface area (Å²) in [7, 11) is 3.14. The largest absolute Gasteiger partial charge is 0.493 e. The second-order valence-electron chi connectivity index (χ2n) is 5.86. The van der Waals surface area contributed by atoms with Gasteiger partial charge in [0.15, 0.2) is 11.5 Å². The maximum Gasteiger partial charge on any atom is 0.275 e. The van der Waals surface area contributed by atoms with Gasteiger partial charge in [0, 0.05) is 16.6 Å². The zero-order valence-electron chi connectivity index (χ0n) is 15.6. The summed E-state index contributed by atoms with van der Waals surface area (Å²) in [5.74, 6) is 1.23. The summed E-state index contributed by atoms with van der Waals surface area (Å²) in [5.41, 5.74) is 2.37. The number of hydrogen-bond acceptors (Lipinski definition) is 8. The van der Waals surface area contributed by atoms with Crippen LogP contribution in [0.4, 0.5) is 5.69 Å². The van der Waals surface area contributed by atoms with E-state index in [-0.39, 0.29) is 5.91 Å². The van der Waals surface area contributed by atoms with Gasteiger partial charge in [0.2, 0.25) is 12.3 Å². The van der Waals surface area contributed by atoms with Crippen LogP contribution in [0.15, 0.2) is 58.7 Å². The Hall–Kier alpha value is -3.72. The molecule has 2 aromatic carbocycles. The molecule has 8 nitrogen and oxygen atoms in total. The molecule has 0 spiro atoms. The SMILES string of the molecule is COc1cccc(-c2nc(C(=O)Nc3cccc(-c4nnco4)c3)cs2)c1OC. The molecular formula is C20H16N4O4S. The van der Waals surface area contributed by atoms with E-state index in [0.29, 0.717) is 39.3 Å². The highest BCUT2D eigenvalue weighted by atomic mass is 32.1. The van der Waals surface area contributed by atoms with Crippen LogP contribution in [0, 0.1) is 0 Å². The van der Waals surface area contributed by atoms with E-state index in [0.717, 1.165) is 5.56 Å². The van der Waals surface area contributed by atoms with Crippen LogP contribution >= 0.6 is 11.3 Å². The average molecular weight is 408 g/mol. The number of thiazole rings is 1. The summed E-state index contributed by atoms with van der Waals surface area (Å²) >= 11 is 1.35. The Morgan fingerprint density at radius 2 is 2.00 bits per heavy atom. The number of carbonyl (C=O) groups excluding carboxylic acids is 1. The zero-order chi connectivity index (χ0) is 20.2. The van der Waals surface area contributed by atoms with Crippen molar-refractivity contribution in [3.05, 3.63) is 59.9 Å². The number of rotatable bonds is 6. The van der Waals surface area contributed by atoms with Crippen molar-refractivity contribution in [2.45, 2.75) is 0 Å². The Balaban J connectivity index is 1.56. The molecule has 0 aliphatic carbocycles. The Bertz CT molecular complexity index is 1140. The number of ether oxygens (including phenoxy) is 2. The molecular weight excluding hydrogens is 392 g/mol. The molecule has 9 heteroatoms. The number of anilines is 1. The molecule has 146 valence electrons. The first-order chi connectivity index (χ1) is 14.2. The third-order valence-corrected chi connectivity index (χ3v) is 4.97.